The molecule has 2 aliphatic carbocycles. The lowest BCUT2D eigenvalue weighted by Gasteiger charge is -2.30. The maximum Gasteiger partial charge on any atom is 0.0834 e. The Morgan fingerprint density at radius 1 is 1.55 bits per heavy atom. The highest BCUT2D eigenvalue weighted by molar-refractivity contribution is 6.31. The van der Waals surface area contributed by atoms with E-state index in [1.54, 1.807) is 13.3 Å². The minimum atomic E-state index is 0.0946. The van der Waals surface area contributed by atoms with Gasteiger partial charge in [0.1, 0.15) is 0 Å². The Balaban J connectivity index is 1.83. The van der Waals surface area contributed by atoms with Crippen molar-refractivity contribution in [3.63, 3.8) is 0 Å². The van der Waals surface area contributed by atoms with Crippen molar-refractivity contribution in [2.45, 2.75) is 38.3 Å². The number of ether oxygens (including phenoxy) is 1. The Labute approximate surface area is 124 Å². The number of aromatic nitrogens is 2. The molecule has 112 valence electrons. The first-order valence-corrected chi connectivity index (χ1v) is 7.78. The number of nitrogens with two attached hydrogens (primary N) is 1. The number of halogens is 1. The van der Waals surface area contributed by atoms with Crippen molar-refractivity contribution in [2.75, 3.05) is 13.7 Å². The van der Waals surface area contributed by atoms with E-state index >= 15 is 0 Å². The van der Waals surface area contributed by atoms with E-state index < -0.39 is 0 Å². The van der Waals surface area contributed by atoms with Crippen LogP contribution in [0.3, 0.4) is 0 Å². The second-order valence-electron chi connectivity index (χ2n) is 6.08. The van der Waals surface area contributed by atoms with E-state index in [9.17, 15) is 0 Å². The number of hydrogen-bond donors (Lipinski definition) is 2. The average Bonchev–Trinajstić information content (AvgIpc) is 3.15. The van der Waals surface area contributed by atoms with Gasteiger partial charge in [-0.15, -0.1) is 0 Å². The van der Waals surface area contributed by atoms with Crippen LogP contribution in [-0.4, -0.2) is 23.5 Å². The summed E-state index contributed by atoms with van der Waals surface area (Å²) in [6.07, 6.45) is 7.04. The Hall–Kier alpha value is -0.620. The molecule has 0 aliphatic heterocycles. The van der Waals surface area contributed by atoms with Crippen LogP contribution in [0, 0.1) is 17.8 Å². The SMILES string of the molecule is COCCn1ncc(Cl)c1C(NN)C1CC2CCC1C2. The molecule has 0 radical (unpaired) electrons. The topological polar surface area (TPSA) is 65.1 Å². The number of rotatable bonds is 6. The molecule has 2 bridgehead atoms. The lowest BCUT2D eigenvalue weighted by Crippen LogP contribution is -2.37. The van der Waals surface area contributed by atoms with Gasteiger partial charge in [-0.3, -0.25) is 16.0 Å². The van der Waals surface area contributed by atoms with E-state index in [0.717, 1.165) is 17.5 Å². The Morgan fingerprint density at radius 2 is 2.40 bits per heavy atom. The number of nitrogens with zero attached hydrogens (tertiary/aromatic N) is 2. The smallest absolute Gasteiger partial charge is 0.0834 e. The molecule has 3 rings (SSSR count). The second-order valence-corrected chi connectivity index (χ2v) is 6.48. The molecule has 2 fully saturated rings. The monoisotopic (exact) mass is 298 g/mol. The molecule has 1 aromatic rings. The summed E-state index contributed by atoms with van der Waals surface area (Å²) < 4.78 is 7.08. The van der Waals surface area contributed by atoms with Crippen molar-refractivity contribution in [3.05, 3.63) is 16.9 Å². The number of hydrazine groups is 1. The molecule has 3 N–H and O–H groups in total. The highest BCUT2D eigenvalue weighted by atomic mass is 35.5. The van der Waals surface area contributed by atoms with Gasteiger partial charge in [-0.05, 0) is 37.0 Å². The lowest BCUT2D eigenvalue weighted by molar-refractivity contribution is 0.178. The number of fused-ring (bicyclic) bond motifs is 2. The van der Waals surface area contributed by atoms with Crippen LogP contribution in [0.4, 0.5) is 0 Å². The molecule has 2 saturated carbocycles. The average molecular weight is 299 g/mol. The number of methoxy groups -OCH3 is 1. The van der Waals surface area contributed by atoms with Gasteiger partial charge in [0.25, 0.3) is 0 Å². The van der Waals surface area contributed by atoms with E-state index in [1.165, 1.54) is 25.7 Å². The number of nitrogens with one attached hydrogen (secondary N) is 1. The van der Waals surface area contributed by atoms with Crippen molar-refractivity contribution in [2.24, 2.45) is 23.6 Å². The third-order valence-corrected chi connectivity index (χ3v) is 5.33. The summed E-state index contributed by atoms with van der Waals surface area (Å²) in [5.41, 5.74) is 4.02. The molecule has 5 nitrogen and oxygen atoms in total. The quantitative estimate of drug-likeness (QED) is 0.624. The molecule has 1 aromatic heterocycles. The van der Waals surface area contributed by atoms with Crippen LogP contribution < -0.4 is 11.3 Å². The molecule has 1 heterocycles. The Bertz CT molecular complexity index is 464. The third-order valence-electron chi connectivity index (χ3n) is 5.04. The van der Waals surface area contributed by atoms with Crippen LogP contribution in [0.2, 0.25) is 5.02 Å². The Kier molecular flexibility index (Phi) is 4.31. The standard InChI is InChI=1S/C14H23ClN4O/c1-20-5-4-19-14(12(15)8-17-19)13(18-16)11-7-9-2-3-10(11)6-9/h8-11,13,18H,2-7,16H2,1H3. The molecule has 4 atom stereocenters. The highest BCUT2D eigenvalue weighted by Crippen LogP contribution is 2.52. The zero-order valence-electron chi connectivity index (χ0n) is 11.9. The fourth-order valence-corrected chi connectivity index (χ4v) is 4.40. The van der Waals surface area contributed by atoms with Crippen LogP contribution >= 0.6 is 11.6 Å². The summed E-state index contributed by atoms with van der Waals surface area (Å²) in [7, 11) is 1.69. The molecule has 0 amide bonds. The minimum absolute atomic E-state index is 0.0946. The summed E-state index contributed by atoms with van der Waals surface area (Å²) >= 11 is 6.36. The predicted molar refractivity (Wildman–Crippen MR) is 78.1 cm³/mol. The van der Waals surface area contributed by atoms with E-state index in [2.05, 4.69) is 10.5 Å². The molecule has 0 spiro atoms. The number of hydrogen-bond acceptors (Lipinski definition) is 4. The molecule has 0 aromatic carbocycles. The van der Waals surface area contributed by atoms with Crippen LogP contribution in [0.5, 0.6) is 0 Å². The van der Waals surface area contributed by atoms with Gasteiger partial charge in [-0.25, -0.2) is 0 Å². The predicted octanol–water partition coefficient (Wildman–Crippen LogP) is 2.12. The fraction of sp³-hybridized carbons (Fsp3) is 0.786. The zero-order chi connectivity index (χ0) is 14.1. The first-order chi connectivity index (χ1) is 9.74. The van der Waals surface area contributed by atoms with E-state index in [4.69, 9.17) is 22.2 Å². The summed E-state index contributed by atoms with van der Waals surface area (Å²) in [5.74, 6) is 8.10. The van der Waals surface area contributed by atoms with Crippen molar-refractivity contribution in [1.29, 1.82) is 0 Å². The molecule has 6 heteroatoms. The van der Waals surface area contributed by atoms with E-state index in [0.29, 0.717) is 24.1 Å². The minimum Gasteiger partial charge on any atom is -0.383 e. The second kappa shape index (κ2) is 6.02. The van der Waals surface area contributed by atoms with Gasteiger partial charge in [0.15, 0.2) is 0 Å². The van der Waals surface area contributed by atoms with Crippen LogP contribution in [0.1, 0.15) is 37.4 Å². The first-order valence-electron chi connectivity index (χ1n) is 7.40. The molecular weight excluding hydrogens is 276 g/mol. The van der Waals surface area contributed by atoms with Gasteiger partial charge in [-0.2, -0.15) is 5.10 Å². The summed E-state index contributed by atoms with van der Waals surface area (Å²) in [4.78, 5) is 0. The molecule has 20 heavy (non-hydrogen) atoms. The first kappa shape index (κ1) is 14.3. The van der Waals surface area contributed by atoms with E-state index in [1.807, 2.05) is 4.68 Å². The van der Waals surface area contributed by atoms with Gasteiger partial charge in [0, 0.05) is 7.11 Å². The third kappa shape index (κ3) is 2.48. The fourth-order valence-electron chi connectivity index (χ4n) is 4.14. The summed E-state index contributed by atoms with van der Waals surface area (Å²) in [6, 6.07) is 0.0946. The van der Waals surface area contributed by atoms with Gasteiger partial charge in [0.2, 0.25) is 0 Å². The highest BCUT2D eigenvalue weighted by Gasteiger charge is 2.44. The maximum absolute atomic E-state index is 6.36. The van der Waals surface area contributed by atoms with Gasteiger partial charge >= 0.3 is 0 Å². The van der Waals surface area contributed by atoms with Crippen molar-refractivity contribution >= 4 is 11.6 Å². The van der Waals surface area contributed by atoms with Gasteiger partial charge in [-0.1, -0.05) is 18.0 Å². The van der Waals surface area contributed by atoms with E-state index in [-0.39, 0.29) is 6.04 Å². The molecule has 2 aliphatic rings. The van der Waals surface area contributed by atoms with Crippen LogP contribution in [-0.2, 0) is 11.3 Å². The largest absolute Gasteiger partial charge is 0.383 e. The van der Waals surface area contributed by atoms with Gasteiger partial charge in [0.05, 0.1) is 36.1 Å². The van der Waals surface area contributed by atoms with Gasteiger partial charge < -0.3 is 4.74 Å². The summed E-state index contributed by atoms with van der Waals surface area (Å²) in [5, 5.41) is 5.07. The maximum atomic E-state index is 6.36. The van der Waals surface area contributed by atoms with Crippen molar-refractivity contribution in [3.8, 4) is 0 Å². The van der Waals surface area contributed by atoms with Crippen molar-refractivity contribution in [1.82, 2.24) is 15.2 Å². The van der Waals surface area contributed by atoms with Crippen molar-refractivity contribution < 1.29 is 4.74 Å². The molecular formula is C14H23ClN4O. The normalized spacial score (nSPS) is 30.1. The Morgan fingerprint density at radius 3 is 3.00 bits per heavy atom. The molecule has 0 saturated heterocycles. The van der Waals surface area contributed by atoms with Crippen LogP contribution in [0.15, 0.2) is 6.20 Å². The lowest BCUT2D eigenvalue weighted by atomic mass is 9.82. The van der Waals surface area contributed by atoms with Crippen LogP contribution in [0.25, 0.3) is 0 Å². The molecule has 4 unspecified atom stereocenters. The summed E-state index contributed by atoms with van der Waals surface area (Å²) in [6.45, 7) is 1.33. The zero-order valence-corrected chi connectivity index (χ0v) is 12.6.